The van der Waals surface area contributed by atoms with Crippen LogP contribution in [-0.2, 0) is 9.53 Å². The predicted molar refractivity (Wildman–Crippen MR) is 116 cm³/mol. The van der Waals surface area contributed by atoms with Crippen LogP contribution in [0.4, 0.5) is 8.78 Å². The first-order valence-corrected chi connectivity index (χ1v) is 10.7. The molecule has 0 atom stereocenters. The van der Waals surface area contributed by atoms with Crippen molar-refractivity contribution in [3.05, 3.63) is 82.9 Å². The Balaban J connectivity index is 1.56. The van der Waals surface area contributed by atoms with E-state index in [1.807, 2.05) is 13.0 Å². The van der Waals surface area contributed by atoms with Crippen LogP contribution < -0.4 is 0 Å². The Kier molecular flexibility index (Phi) is 8.32. The molecule has 0 bridgehead atoms. The number of nitrogens with zero attached hydrogens (tertiary/aromatic N) is 1. The molecule has 0 radical (unpaired) electrons. The van der Waals surface area contributed by atoms with Crippen molar-refractivity contribution in [3.8, 4) is 0 Å². The molecule has 2 aromatic carbocycles. The lowest BCUT2D eigenvalue weighted by Crippen LogP contribution is -2.36. The van der Waals surface area contributed by atoms with Gasteiger partial charge in [0.05, 0.1) is 6.61 Å². The third kappa shape index (κ3) is 6.71. The largest absolute Gasteiger partial charge is 0.478 e. The molecule has 0 spiro atoms. The fourth-order valence-electron chi connectivity index (χ4n) is 3.93. The van der Waals surface area contributed by atoms with Gasteiger partial charge in [-0.1, -0.05) is 37.3 Å². The lowest BCUT2D eigenvalue weighted by molar-refractivity contribution is -0.132. The first-order chi connectivity index (χ1) is 15.0. The minimum absolute atomic E-state index is 0.300. The zero-order chi connectivity index (χ0) is 22.2. The molecule has 31 heavy (non-hydrogen) atoms. The fourth-order valence-corrected chi connectivity index (χ4v) is 3.93. The second kappa shape index (κ2) is 11.2. The fraction of sp³-hybridized carbons (Fsp3) is 0.400. The number of allylic oxidation sites excluding steroid dienone is 1. The Morgan fingerprint density at radius 3 is 2.03 bits per heavy atom. The van der Waals surface area contributed by atoms with Gasteiger partial charge in [0, 0.05) is 12.1 Å². The lowest BCUT2D eigenvalue weighted by atomic mass is 9.93. The summed E-state index contributed by atoms with van der Waals surface area (Å²) in [7, 11) is 0. The van der Waals surface area contributed by atoms with Crippen LogP contribution >= 0.6 is 0 Å². The van der Waals surface area contributed by atoms with Crippen LogP contribution in [0.25, 0.3) is 0 Å². The molecule has 1 heterocycles. The molecule has 0 amide bonds. The molecule has 3 rings (SSSR count). The van der Waals surface area contributed by atoms with Crippen molar-refractivity contribution < 1.29 is 23.4 Å². The van der Waals surface area contributed by atoms with Crippen molar-refractivity contribution in [2.75, 3.05) is 26.2 Å². The van der Waals surface area contributed by atoms with E-state index in [2.05, 4.69) is 4.90 Å². The van der Waals surface area contributed by atoms with Gasteiger partial charge in [-0.05, 0) is 73.7 Å². The van der Waals surface area contributed by atoms with Gasteiger partial charge in [-0.25, -0.2) is 13.6 Å². The summed E-state index contributed by atoms with van der Waals surface area (Å²) in [5, 5.41) is 9.21. The van der Waals surface area contributed by atoms with Crippen molar-refractivity contribution in [1.29, 1.82) is 0 Å². The first kappa shape index (κ1) is 23.1. The zero-order valence-electron chi connectivity index (χ0n) is 17.8. The Morgan fingerprint density at radius 2 is 1.58 bits per heavy atom. The number of halogens is 2. The van der Waals surface area contributed by atoms with Crippen LogP contribution in [0.1, 0.15) is 43.4 Å². The van der Waals surface area contributed by atoms with Gasteiger partial charge >= 0.3 is 5.97 Å². The SMILES string of the molecule is CC/C(=C/C1CCN(CCOC(c2ccc(F)cc2)c2ccc(F)cc2)CC1)C(=O)O. The van der Waals surface area contributed by atoms with E-state index in [0.717, 1.165) is 43.6 Å². The van der Waals surface area contributed by atoms with Crippen LogP contribution in [0.3, 0.4) is 0 Å². The molecule has 0 saturated carbocycles. The van der Waals surface area contributed by atoms with Crippen molar-refractivity contribution in [3.63, 3.8) is 0 Å². The monoisotopic (exact) mass is 429 g/mol. The molecule has 0 unspecified atom stereocenters. The van der Waals surface area contributed by atoms with E-state index in [4.69, 9.17) is 4.74 Å². The van der Waals surface area contributed by atoms with Crippen LogP contribution in [0, 0.1) is 17.6 Å². The average molecular weight is 430 g/mol. The van der Waals surface area contributed by atoms with E-state index in [1.165, 1.54) is 24.3 Å². The molecule has 166 valence electrons. The van der Waals surface area contributed by atoms with Gasteiger partial charge in [0.1, 0.15) is 17.7 Å². The number of ether oxygens (including phenoxy) is 1. The summed E-state index contributed by atoms with van der Waals surface area (Å²) in [6.45, 7) is 4.87. The quantitative estimate of drug-likeness (QED) is 0.557. The van der Waals surface area contributed by atoms with Gasteiger partial charge < -0.3 is 14.7 Å². The van der Waals surface area contributed by atoms with Crippen molar-refractivity contribution in [2.24, 2.45) is 5.92 Å². The van der Waals surface area contributed by atoms with Crippen molar-refractivity contribution >= 4 is 5.97 Å². The second-order valence-electron chi connectivity index (χ2n) is 7.88. The average Bonchev–Trinajstić information content (AvgIpc) is 2.77. The maximum absolute atomic E-state index is 13.3. The number of aliphatic carboxylic acids is 1. The van der Waals surface area contributed by atoms with E-state index in [-0.39, 0.29) is 11.6 Å². The number of likely N-dealkylation sites (tertiary alicyclic amines) is 1. The highest BCUT2D eigenvalue weighted by molar-refractivity contribution is 5.86. The molecule has 2 aromatic rings. The normalized spacial score (nSPS) is 16.1. The summed E-state index contributed by atoms with van der Waals surface area (Å²) >= 11 is 0. The molecular weight excluding hydrogens is 400 g/mol. The highest BCUT2D eigenvalue weighted by Gasteiger charge is 2.20. The molecular formula is C25H29F2NO3. The Morgan fingerprint density at radius 1 is 1.06 bits per heavy atom. The van der Waals surface area contributed by atoms with E-state index < -0.39 is 12.1 Å². The molecule has 1 aliphatic heterocycles. The number of carbonyl (C=O) groups is 1. The minimum Gasteiger partial charge on any atom is -0.478 e. The number of rotatable bonds is 9. The van der Waals surface area contributed by atoms with Crippen molar-refractivity contribution in [2.45, 2.75) is 32.3 Å². The standard InChI is InChI=1S/C25H29F2NO3/c1-2-19(25(29)30)17-18-11-13-28(14-12-18)15-16-31-24(20-3-7-22(26)8-4-20)21-5-9-23(27)10-6-21/h3-10,17-18,24H,2,11-16H2,1H3,(H,29,30)/b19-17-. The Labute approximate surface area is 182 Å². The molecule has 6 heteroatoms. The second-order valence-corrected chi connectivity index (χ2v) is 7.88. The zero-order valence-corrected chi connectivity index (χ0v) is 17.8. The molecule has 1 saturated heterocycles. The topological polar surface area (TPSA) is 49.8 Å². The molecule has 1 aliphatic rings. The van der Waals surface area contributed by atoms with Crippen molar-refractivity contribution in [1.82, 2.24) is 4.90 Å². The van der Waals surface area contributed by atoms with Gasteiger partial charge in [-0.15, -0.1) is 0 Å². The van der Waals surface area contributed by atoms with E-state index in [1.54, 1.807) is 24.3 Å². The number of carboxylic acid groups (broad SMARTS) is 1. The third-order valence-corrected chi connectivity index (χ3v) is 5.76. The maximum Gasteiger partial charge on any atom is 0.331 e. The van der Waals surface area contributed by atoms with Crippen LogP contribution in [0.2, 0.25) is 0 Å². The maximum atomic E-state index is 13.3. The van der Waals surface area contributed by atoms with Gasteiger partial charge in [0.2, 0.25) is 0 Å². The first-order valence-electron chi connectivity index (χ1n) is 10.7. The number of carboxylic acids is 1. The smallest absolute Gasteiger partial charge is 0.331 e. The predicted octanol–water partition coefficient (Wildman–Crippen LogP) is 5.20. The van der Waals surface area contributed by atoms with Crippen LogP contribution in [0.15, 0.2) is 60.2 Å². The van der Waals surface area contributed by atoms with Gasteiger partial charge in [0.25, 0.3) is 0 Å². The molecule has 1 N–H and O–H groups in total. The van der Waals surface area contributed by atoms with Crippen LogP contribution in [-0.4, -0.2) is 42.2 Å². The van der Waals surface area contributed by atoms with E-state index in [9.17, 15) is 18.7 Å². The van der Waals surface area contributed by atoms with E-state index in [0.29, 0.717) is 24.5 Å². The highest BCUT2D eigenvalue weighted by Crippen LogP contribution is 2.27. The summed E-state index contributed by atoms with van der Waals surface area (Å²) in [5.74, 6) is -1.15. The molecule has 1 fully saturated rings. The number of benzene rings is 2. The highest BCUT2D eigenvalue weighted by atomic mass is 19.1. The summed E-state index contributed by atoms with van der Waals surface area (Å²) in [5.41, 5.74) is 2.12. The third-order valence-electron chi connectivity index (χ3n) is 5.76. The lowest BCUT2D eigenvalue weighted by Gasteiger charge is -2.31. The number of hydrogen-bond acceptors (Lipinski definition) is 3. The summed E-state index contributed by atoms with van der Waals surface area (Å²) in [4.78, 5) is 13.5. The molecule has 4 nitrogen and oxygen atoms in total. The van der Waals surface area contributed by atoms with E-state index >= 15 is 0 Å². The minimum atomic E-state index is -0.828. The molecule has 0 aromatic heterocycles. The number of hydrogen-bond donors (Lipinski definition) is 1. The van der Waals surface area contributed by atoms with Gasteiger partial charge in [-0.2, -0.15) is 0 Å². The summed E-state index contributed by atoms with van der Waals surface area (Å²) < 4.78 is 32.8. The van der Waals surface area contributed by atoms with Crippen LogP contribution in [0.5, 0.6) is 0 Å². The number of piperidine rings is 1. The summed E-state index contributed by atoms with van der Waals surface area (Å²) in [6.07, 6.45) is 3.91. The Hall–Kier alpha value is -2.57. The Bertz CT molecular complexity index is 827. The van der Waals surface area contributed by atoms with Gasteiger partial charge in [-0.3, -0.25) is 0 Å². The van der Waals surface area contributed by atoms with Gasteiger partial charge in [0.15, 0.2) is 0 Å². The summed E-state index contributed by atoms with van der Waals surface area (Å²) in [6, 6.07) is 12.3. The molecule has 0 aliphatic carbocycles.